The van der Waals surface area contributed by atoms with Crippen LogP contribution in [0.3, 0.4) is 0 Å². The lowest BCUT2D eigenvalue weighted by Gasteiger charge is -2.46. The molecule has 0 N–H and O–H groups in total. The lowest BCUT2D eigenvalue weighted by atomic mass is 9.12. The fourth-order valence-electron chi connectivity index (χ4n) is 7.96. The summed E-state index contributed by atoms with van der Waals surface area (Å²) in [6.07, 6.45) is -50.4. The topological polar surface area (TPSA) is 17.1 Å². The molecule has 0 aliphatic heterocycles. The van der Waals surface area contributed by atoms with Gasteiger partial charge in [-0.1, -0.05) is 97.1 Å². The maximum Gasteiger partial charge on any atom is 0.416 e. The van der Waals surface area contributed by atoms with E-state index in [1.165, 1.54) is 5.56 Å². The molecule has 0 saturated carbocycles. The number of alkyl halides is 24. The molecule has 75 heavy (non-hydrogen) atoms. The summed E-state index contributed by atoms with van der Waals surface area (Å²) in [7, 11) is 0.356. The Morgan fingerprint density at radius 1 is 0.333 bits per heavy atom. The van der Waals surface area contributed by atoms with Crippen LogP contribution in [-0.4, -0.2) is 24.4 Å². The van der Waals surface area contributed by atoms with Crippen molar-refractivity contribution in [2.45, 2.75) is 55.2 Å². The van der Waals surface area contributed by atoms with E-state index >= 15 is 0 Å². The van der Waals surface area contributed by atoms with Crippen molar-refractivity contribution in [1.82, 2.24) is 0 Å². The molecule has 0 radical (unpaired) electrons. The van der Waals surface area contributed by atoms with Gasteiger partial charge in [0.05, 0.1) is 57.0 Å². The molecule has 6 rings (SSSR count). The molecule has 0 aromatic heterocycles. The third-order valence-corrected chi connectivity index (χ3v) is 12.0. The Balaban J connectivity index is 0.000000483. The highest BCUT2D eigenvalue weighted by molar-refractivity contribution is 7.94. The van der Waals surface area contributed by atoms with E-state index in [-0.39, 0.29) is 5.78 Å². The predicted octanol–water partition coefficient (Wildman–Crippen LogP) is 14.5. The number of rotatable bonds is 8. The van der Waals surface area contributed by atoms with Gasteiger partial charge in [0.2, 0.25) is 0 Å². The van der Waals surface area contributed by atoms with E-state index in [0.29, 0.717) is 10.9 Å². The van der Waals surface area contributed by atoms with Gasteiger partial charge < -0.3 is 0 Å². The standard InChI is InChI=1S/C32H12BF24.C16H17OS/c34-25(35,36)13-1-14(26(37,38)39)6-21(5-13)33(22-7-15(27(40,41)42)2-16(8-22)28(43,44)45,23-9-17(29(46,47)48)3-18(10-23)30(49,50)51)24-11-19(31(52,53)54)4-20(12-24)32(55,56)57;1-18(2)12-13-7-6-10-15(11-13)16(17)14-8-4-3-5-9-14/h1-12H;3-11H,12H2,1-2H3/q-1;+1. The van der Waals surface area contributed by atoms with Crippen LogP contribution in [0.4, 0.5) is 105 Å². The van der Waals surface area contributed by atoms with E-state index in [4.69, 9.17) is 0 Å². The maximum absolute atomic E-state index is 14.2. The van der Waals surface area contributed by atoms with Gasteiger partial charge in [-0.2, -0.15) is 127 Å². The normalized spacial score (nSPS) is 13.4. The van der Waals surface area contributed by atoms with Crippen LogP contribution in [0.25, 0.3) is 0 Å². The van der Waals surface area contributed by atoms with Gasteiger partial charge in [0.25, 0.3) is 0 Å². The van der Waals surface area contributed by atoms with Gasteiger partial charge in [-0.3, -0.25) is 4.79 Å². The largest absolute Gasteiger partial charge is 0.416 e. The smallest absolute Gasteiger partial charge is 0.289 e. The van der Waals surface area contributed by atoms with Crippen molar-refractivity contribution >= 4 is 44.7 Å². The van der Waals surface area contributed by atoms with Crippen LogP contribution >= 0.6 is 0 Å². The second kappa shape index (κ2) is 20.7. The summed E-state index contributed by atoms with van der Waals surface area (Å²) in [4.78, 5) is 12.3. The Morgan fingerprint density at radius 3 is 0.800 bits per heavy atom. The zero-order valence-electron chi connectivity index (χ0n) is 37.3. The molecule has 0 amide bonds. The average molecular weight is 1120 g/mol. The zero-order valence-corrected chi connectivity index (χ0v) is 38.1. The SMILES string of the molecule is C[S+](C)Cc1cccc(C(=O)c2ccccc2)c1.FC(F)(F)c1cc([B-](c2cc(C(F)(F)F)cc(C(F)(F)F)c2)(c2cc(C(F)(F)F)cc(C(F)(F)F)c2)c2cc(C(F)(F)F)cc(C(F)(F)F)c2)cc(C(F)(F)F)c1. The number of benzene rings is 6. The molecule has 0 unspecified atom stereocenters. The monoisotopic (exact) mass is 1120 g/mol. The molecule has 0 heterocycles. The second-order valence-electron chi connectivity index (χ2n) is 16.7. The first-order valence-electron chi connectivity index (χ1n) is 20.5. The third kappa shape index (κ3) is 14.2. The van der Waals surface area contributed by atoms with E-state index in [1.54, 1.807) is 0 Å². The van der Waals surface area contributed by atoms with Crippen molar-refractivity contribution in [2.24, 2.45) is 0 Å². The molecular weight excluding hydrogens is 1090 g/mol. The van der Waals surface area contributed by atoms with Gasteiger partial charge in [0.15, 0.2) is 5.78 Å². The lowest BCUT2D eigenvalue weighted by Crippen LogP contribution is -2.75. The van der Waals surface area contributed by atoms with Crippen LogP contribution in [-0.2, 0) is 66.1 Å². The number of ketones is 1. The van der Waals surface area contributed by atoms with Crippen molar-refractivity contribution in [3.8, 4) is 0 Å². The van der Waals surface area contributed by atoms with E-state index in [1.807, 2.05) is 48.5 Å². The van der Waals surface area contributed by atoms with E-state index < -0.39 is 195 Å². The molecule has 0 fully saturated rings. The highest BCUT2D eigenvalue weighted by Crippen LogP contribution is 2.41. The van der Waals surface area contributed by atoms with Crippen LogP contribution in [0.1, 0.15) is 66.0 Å². The van der Waals surface area contributed by atoms with Crippen LogP contribution < -0.4 is 21.9 Å². The summed E-state index contributed by atoms with van der Waals surface area (Å²) in [5.74, 6) is 1.14. The Hall–Kier alpha value is -6.28. The number of carbonyl (C=O) groups excluding carboxylic acids is 1. The van der Waals surface area contributed by atoms with Crippen molar-refractivity contribution in [3.63, 3.8) is 0 Å². The van der Waals surface area contributed by atoms with Crippen LogP contribution in [0.5, 0.6) is 0 Å². The first-order chi connectivity index (χ1) is 33.9. The maximum atomic E-state index is 14.2. The highest BCUT2D eigenvalue weighted by Gasteiger charge is 2.47. The zero-order chi connectivity index (χ0) is 56.9. The summed E-state index contributed by atoms with van der Waals surface area (Å²) in [5.41, 5.74) is -27.4. The quantitative estimate of drug-likeness (QED) is 0.0642. The van der Waals surface area contributed by atoms with Crippen molar-refractivity contribution < 1.29 is 110 Å². The Labute approximate surface area is 410 Å². The Kier molecular flexibility index (Phi) is 16.4. The fraction of sp³-hybridized carbons (Fsp3) is 0.229. The minimum absolute atomic E-state index is 0.101. The van der Waals surface area contributed by atoms with E-state index in [0.717, 1.165) is 16.9 Å². The van der Waals surface area contributed by atoms with Crippen molar-refractivity contribution in [2.75, 3.05) is 12.5 Å². The molecule has 1 nitrogen and oxygen atoms in total. The molecule has 0 aliphatic rings. The molecule has 6 aromatic rings. The second-order valence-corrected chi connectivity index (χ2v) is 19.0. The molecule has 0 spiro atoms. The van der Waals surface area contributed by atoms with Gasteiger partial charge in [-0.25, -0.2) is 0 Å². The highest BCUT2D eigenvalue weighted by atomic mass is 32.2. The van der Waals surface area contributed by atoms with E-state index in [9.17, 15) is 110 Å². The number of halogens is 24. The molecule has 0 bridgehead atoms. The van der Waals surface area contributed by atoms with Gasteiger partial charge in [-0.05, 0) is 41.2 Å². The van der Waals surface area contributed by atoms with Gasteiger partial charge >= 0.3 is 49.4 Å². The molecule has 0 atom stereocenters. The summed E-state index contributed by atoms with van der Waals surface area (Å²) in [6, 6.07) is 8.59. The van der Waals surface area contributed by atoms with E-state index in [2.05, 4.69) is 18.6 Å². The molecular formula is C48H29BF24OS. The lowest BCUT2D eigenvalue weighted by molar-refractivity contribution is -0.144. The molecule has 0 aliphatic carbocycles. The molecule has 27 heteroatoms. The fourth-order valence-corrected chi connectivity index (χ4v) is 8.81. The summed E-state index contributed by atoms with van der Waals surface area (Å²) in [6.45, 7) is 0. The number of hydrogen-bond acceptors (Lipinski definition) is 1. The summed E-state index contributed by atoms with van der Waals surface area (Å²) < 4.78 is 341. The summed E-state index contributed by atoms with van der Waals surface area (Å²) in [5, 5.41) is 0. The van der Waals surface area contributed by atoms with Crippen LogP contribution in [0.2, 0.25) is 0 Å². The minimum atomic E-state index is -6.13. The predicted molar refractivity (Wildman–Crippen MR) is 229 cm³/mol. The Morgan fingerprint density at radius 2 is 0.573 bits per heavy atom. The molecule has 0 saturated heterocycles. The van der Waals surface area contributed by atoms with Crippen LogP contribution in [0.15, 0.2) is 127 Å². The average Bonchev–Trinajstić information content (AvgIpc) is 3.27. The Bertz CT molecular complexity index is 2570. The minimum Gasteiger partial charge on any atom is -0.289 e. The van der Waals surface area contributed by atoms with Crippen LogP contribution in [0, 0.1) is 0 Å². The first-order valence-corrected chi connectivity index (χ1v) is 22.7. The molecule has 6 aromatic carbocycles. The number of carbonyl (C=O) groups is 1. The first kappa shape index (κ1) is 59.6. The van der Waals surface area contributed by atoms with Gasteiger partial charge in [-0.15, -0.1) is 0 Å². The summed E-state index contributed by atoms with van der Waals surface area (Å²) >= 11 is 0. The van der Waals surface area contributed by atoms with Crippen molar-refractivity contribution in [3.05, 3.63) is 189 Å². The number of hydrogen-bond donors (Lipinski definition) is 0. The van der Waals surface area contributed by atoms with Gasteiger partial charge in [0.1, 0.15) is 11.9 Å². The third-order valence-electron chi connectivity index (χ3n) is 11.1. The molecule has 404 valence electrons. The van der Waals surface area contributed by atoms with Gasteiger partial charge in [0, 0.05) is 16.7 Å². The van der Waals surface area contributed by atoms with Crippen molar-refractivity contribution in [1.29, 1.82) is 0 Å².